The molecule has 88 valence electrons. The van der Waals surface area contributed by atoms with Gasteiger partial charge in [-0.1, -0.05) is 5.16 Å². The highest BCUT2D eigenvalue weighted by atomic mass is 16.5. The van der Waals surface area contributed by atoms with Gasteiger partial charge in [0.2, 0.25) is 5.95 Å². The van der Waals surface area contributed by atoms with Crippen LogP contribution in [0.3, 0.4) is 0 Å². The van der Waals surface area contributed by atoms with Gasteiger partial charge in [-0.25, -0.2) is 14.8 Å². The summed E-state index contributed by atoms with van der Waals surface area (Å²) in [5.74, 6) is -0.139. The first-order valence-electron chi connectivity index (χ1n) is 4.87. The normalized spacial score (nSPS) is 10.2. The highest BCUT2D eigenvalue weighted by molar-refractivity contribution is 5.85. The molecule has 0 aliphatic heterocycles. The first-order valence-corrected chi connectivity index (χ1v) is 4.87. The van der Waals surface area contributed by atoms with Crippen molar-refractivity contribution in [3.8, 4) is 0 Å². The molecule has 2 aromatic rings. The second kappa shape index (κ2) is 4.60. The van der Waals surface area contributed by atoms with Crippen molar-refractivity contribution >= 4 is 11.9 Å². The van der Waals surface area contributed by atoms with Gasteiger partial charge in [0.25, 0.3) is 0 Å². The smallest absolute Gasteiger partial charge is 0.354 e. The van der Waals surface area contributed by atoms with E-state index in [0.29, 0.717) is 18.0 Å². The van der Waals surface area contributed by atoms with Crippen LogP contribution in [0.15, 0.2) is 22.9 Å². The van der Waals surface area contributed by atoms with Gasteiger partial charge in [-0.2, -0.15) is 0 Å². The Bertz CT molecular complexity index is 538. The topological polar surface area (TPSA) is 101 Å². The maximum absolute atomic E-state index is 10.7. The molecule has 2 rings (SSSR count). The molecule has 0 aromatic carbocycles. The number of hydrogen-bond donors (Lipinski definition) is 2. The number of carboxylic acid groups (broad SMARTS) is 1. The number of carboxylic acids is 1. The van der Waals surface area contributed by atoms with Crippen LogP contribution in [0.5, 0.6) is 0 Å². The predicted molar refractivity (Wildman–Crippen MR) is 57.6 cm³/mol. The van der Waals surface area contributed by atoms with Crippen molar-refractivity contribution in [1.29, 1.82) is 0 Å². The van der Waals surface area contributed by atoms with E-state index in [2.05, 4.69) is 20.4 Å². The van der Waals surface area contributed by atoms with Gasteiger partial charge in [0, 0.05) is 12.3 Å². The standard InChI is InChI=1S/C10H10N4O3/c1-6-4-7(14-17-6)5-12-10-11-3-2-8(13-10)9(15)16/h2-4H,5H2,1H3,(H,15,16)(H,11,12,13). The molecule has 2 aromatic heterocycles. The Morgan fingerprint density at radius 3 is 3.06 bits per heavy atom. The summed E-state index contributed by atoms with van der Waals surface area (Å²) in [6, 6.07) is 3.10. The van der Waals surface area contributed by atoms with Crippen LogP contribution >= 0.6 is 0 Å². The zero-order valence-corrected chi connectivity index (χ0v) is 9.04. The summed E-state index contributed by atoms with van der Waals surface area (Å²) < 4.78 is 4.89. The average Bonchev–Trinajstić information content (AvgIpc) is 2.73. The molecule has 0 amide bonds. The molecule has 0 fully saturated rings. The minimum atomic E-state index is -1.09. The molecule has 0 radical (unpaired) electrons. The highest BCUT2D eigenvalue weighted by Crippen LogP contribution is 2.05. The van der Waals surface area contributed by atoms with Crippen LogP contribution in [-0.2, 0) is 6.54 Å². The number of hydrogen-bond acceptors (Lipinski definition) is 6. The fourth-order valence-electron chi connectivity index (χ4n) is 1.23. The van der Waals surface area contributed by atoms with Crippen LogP contribution in [0.2, 0.25) is 0 Å². The van der Waals surface area contributed by atoms with Gasteiger partial charge in [-0.3, -0.25) is 0 Å². The summed E-state index contributed by atoms with van der Waals surface area (Å²) in [6.45, 7) is 2.17. The zero-order chi connectivity index (χ0) is 12.3. The van der Waals surface area contributed by atoms with E-state index in [1.54, 1.807) is 13.0 Å². The van der Waals surface area contributed by atoms with E-state index < -0.39 is 5.97 Å². The third kappa shape index (κ3) is 2.77. The van der Waals surface area contributed by atoms with Crippen molar-refractivity contribution in [2.75, 3.05) is 5.32 Å². The van der Waals surface area contributed by atoms with Crippen LogP contribution < -0.4 is 5.32 Å². The summed E-state index contributed by atoms with van der Waals surface area (Å²) in [6.07, 6.45) is 1.38. The summed E-state index contributed by atoms with van der Waals surface area (Å²) in [4.78, 5) is 18.4. The first-order chi connectivity index (χ1) is 8.15. The minimum absolute atomic E-state index is 0.0566. The Morgan fingerprint density at radius 2 is 2.41 bits per heavy atom. The molecule has 0 bridgehead atoms. The van der Waals surface area contributed by atoms with Gasteiger partial charge in [0.05, 0.1) is 6.54 Å². The lowest BCUT2D eigenvalue weighted by atomic mass is 10.4. The number of anilines is 1. The molecule has 0 atom stereocenters. The van der Waals surface area contributed by atoms with Crippen LogP contribution in [0.4, 0.5) is 5.95 Å². The molecule has 0 saturated heterocycles. The fraction of sp³-hybridized carbons (Fsp3) is 0.200. The summed E-state index contributed by atoms with van der Waals surface area (Å²) >= 11 is 0. The number of nitrogens with zero attached hydrogens (tertiary/aromatic N) is 3. The first kappa shape index (κ1) is 11.1. The predicted octanol–water partition coefficient (Wildman–Crippen LogP) is 1.08. The molecule has 2 heterocycles. The zero-order valence-electron chi connectivity index (χ0n) is 9.04. The van der Waals surface area contributed by atoms with E-state index in [0.717, 1.165) is 0 Å². The van der Waals surface area contributed by atoms with Crippen molar-refractivity contribution in [3.05, 3.63) is 35.5 Å². The Labute approximate surface area is 96.5 Å². The van der Waals surface area contributed by atoms with E-state index in [4.69, 9.17) is 9.63 Å². The van der Waals surface area contributed by atoms with Gasteiger partial charge in [-0.05, 0) is 13.0 Å². The Balaban J connectivity index is 2.04. The number of aromatic carboxylic acids is 1. The van der Waals surface area contributed by atoms with E-state index in [1.165, 1.54) is 12.3 Å². The third-order valence-electron chi connectivity index (χ3n) is 1.98. The second-order valence-corrected chi connectivity index (χ2v) is 3.35. The SMILES string of the molecule is Cc1cc(CNc2nccc(C(=O)O)n2)no1. The number of aromatic nitrogens is 3. The summed E-state index contributed by atoms with van der Waals surface area (Å²) in [5.41, 5.74) is 0.644. The largest absolute Gasteiger partial charge is 0.477 e. The average molecular weight is 234 g/mol. The van der Waals surface area contributed by atoms with Crippen LogP contribution in [0.25, 0.3) is 0 Å². The second-order valence-electron chi connectivity index (χ2n) is 3.35. The summed E-state index contributed by atoms with van der Waals surface area (Å²) in [7, 11) is 0. The molecule has 0 saturated carbocycles. The van der Waals surface area contributed by atoms with Crippen molar-refractivity contribution in [1.82, 2.24) is 15.1 Å². The molecular formula is C10H10N4O3. The Hall–Kier alpha value is -2.44. The van der Waals surface area contributed by atoms with Crippen molar-refractivity contribution in [2.24, 2.45) is 0 Å². The quantitative estimate of drug-likeness (QED) is 0.816. The molecule has 7 heteroatoms. The number of nitrogens with one attached hydrogen (secondary N) is 1. The maximum Gasteiger partial charge on any atom is 0.354 e. The van der Waals surface area contributed by atoms with E-state index in [1.807, 2.05) is 0 Å². The van der Waals surface area contributed by atoms with Gasteiger partial charge in [0.1, 0.15) is 11.5 Å². The number of aryl methyl sites for hydroxylation is 1. The number of rotatable bonds is 4. The van der Waals surface area contributed by atoms with E-state index >= 15 is 0 Å². The third-order valence-corrected chi connectivity index (χ3v) is 1.98. The fourth-order valence-corrected chi connectivity index (χ4v) is 1.23. The van der Waals surface area contributed by atoms with E-state index in [-0.39, 0.29) is 11.6 Å². The van der Waals surface area contributed by atoms with Crippen LogP contribution in [0.1, 0.15) is 21.9 Å². The molecule has 0 spiro atoms. The monoisotopic (exact) mass is 234 g/mol. The molecule has 7 nitrogen and oxygen atoms in total. The maximum atomic E-state index is 10.7. The molecule has 0 unspecified atom stereocenters. The molecule has 2 N–H and O–H groups in total. The van der Waals surface area contributed by atoms with E-state index in [9.17, 15) is 4.79 Å². The molecular weight excluding hydrogens is 224 g/mol. The highest BCUT2D eigenvalue weighted by Gasteiger charge is 2.06. The Morgan fingerprint density at radius 1 is 1.59 bits per heavy atom. The minimum Gasteiger partial charge on any atom is -0.477 e. The van der Waals surface area contributed by atoms with Gasteiger partial charge in [-0.15, -0.1) is 0 Å². The van der Waals surface area contributed by atoms with Crippen molar-refractivity contribution in [3.63, 3.8) is 0 Å². The lowest BCUT2D eigenvalue weighted by Gasteiger charge is -2.01. The lowest BCUT2D eigenvalue weighted by molar-refractivity contribution is 0.0690. The Kier molecular flexibility index (Phi) is 2.99. The molecule has 0 aliphatic carbocycles. The van der Waals surface area contributed by atoms with Gasteiger partial charge < -0.3 is 14.9 Å². The van der Waals surface area contributed by atoms with Gasteiger partial charge in [0.15, 0.2) is 5.69 Å². The van der Waals surface area contributed by atoms with Crippen molar-refractivity contribution in [2.45, 2.75) is 13.5 Å². The van der Waals surface area contributed by atoms with Crippen LogP contribution in [0, 0.1) is 6.92 Å². The molecule has 0 aliphatic rings. The van der Waals surface area contributed by atoms with Crippen LogP contribution in [-0.4, -0.2) is 26.2 Å². The molecule has 17 heavy (non-hydrogen) atoms. The summed E-state index contributed by atoms with van der Waals surface area (Å²) in [5, 5.41) is 15.4. The van der Waals surface area contributed by atoms with Gasteiger partial charge >= 0.3 is 5.97 Å². The lowest BCUT2D eigenvalue weighted by Crippen LogP contribution is -2.07. The van der Waals surface area contributed by atoms with Crippen molar-refractivity contribution < 1.29 is 14.4 Å². The number of carbonyl (C=O) groups is 1.